The molecule has 0 unspecified atom stereocenters. The maximum atomic E-state index is 13.3. The summed E-state index contributed by atoms with van der Waals surface area (Å²) in [6.07, 6.45) is 0. The number of aromatic nitrogens is 1. The van der Waals surface area contributed by atoms with Crippen LogP contribution < -0.4 is 5.73 Å². The Morgan fingerprint density at radius 3 is 2.80 bits per heavy atom. The fourth-order valence-electron chi connectivity index (χ4n) is 1.14. The molecule has 0 aliphatic rings. The normalized spacial score (nSPS) is 10.6. The van der Waals surface area contributed by atoms with E-state index in [0.29, 0.717) is 25.2 Å². The van der Waals surface area contributed by atoms with E-state index in [1.807, 2.05) is 22.6 Å². The minimum absolute atomic E-state index is 0.307. The summed E-state index contributed by atoms with van der Waals surface area (Å²) in [6, 6.07) is 4.69. The number of rotatable bonds is 1. The fourth-order valence-corrected chi connectivity index (χ4v) is 2.07. The van der Waals surface area contributed by atoms with Crippen molar-refractivity contribution >= 4 is 44.3 Å². The van der Waals surface area contributed by atoms with Gasteiger partial charge in [-0.2, -0.15) is 0 Å². The van der Waals surface area contributed by atoms with Gasteiger partial charge < -0.3 is 10.3 Å². The fraction of sp³-hybridized carbons (Fsp3) is 0. The minimum Gasteiger partial charge on any atom is -0.380 e. The van der Waals surface area contributed by atoms with Crippen LogP contribution in [0.1, 0.15) is 0 Å². The Balaban J connectivity index is 2.64. The molecule has 0 saturated heterocycles. The van der Waals surface area contributed by atoms with Gasteiger partial charge in [0.1, 0.15) is 9.39 Å². The lowest BCUT2D eigenvalue weighted by atomic mass is 10.2. The second-order valence-electron chi connectivity index (χ2n) is 2.81. The summed E-state index contributed by atoms with van der Waals surface area (Å²) < 4.78 is 19.3. The highest BCUT2D eigenvalue weighted by atomic mass is 127. The predicted molar refractivity (Wildman–Crippen MR) is 66.7 cm³/mol. The molecule has 0 saturated carbocycles. The Kier molecular flexibility index (Phi) is 2.96. The first-order valence-electron chi connectivity index (χ1n) is 3.96. The third-order valence-corrected chi connectivity index (χ3v) is 3.70. The smallest absolute Gasteiger partial charge is 0.183 e. The van der Waals surface area contributed by atoms with Gasteiger partial charge in [-0.05, 0) is 50.7 Å². The summed E-state index contributed by atoms with van der Waals surface area (Å²) in [7, 11) is 0. The zero-order valence-corrected chi connectivity index (χ0v) is 11.0. The van der Waals surface area contributed by atoms with E-state index in [-0.39, 0.29) is 5.82 Å². The van der Waals surface area contributed by atoms with Crippen molar-refractivity contribution in [3.63, 3.8) is 0 Å². The topological polar surface area (TPSA) is 52.0 Å². The first-order valence-corrected chi connectivity index (χ1v) is 5.83. The van der Waals surface area contributed by atoms with Crippen LogP contribution in [0.25, 0.3) is 11.3 Å². The molecular formula is C9H5BrFIN2O. The van der Waals surface area contributed by atoms with Crippen LogP contribution in [0.2, 0.25) is 0 Å². The Morgan fingerprint density at radius 1 is 1.47 bits per heavy atom. The number of halogens is 3. The Labute approximate surface area is 107 Å². The third-order valence-electron chi connectivity index (χ3n) is 1.86. The number of hydrogen-bond donors (Lipinski definition) is 1. The number of nitrogens with two attached hydrogens (primary N) is 1. The van der Waals surface area contributed by atoms with Gasteiger partial charge in [0.05, 0.1) is 4.47 Å². The summed E-state index contributed by atoms with van der Waals surface area (Å²) >= 11 is 5.16. The molecule has 0 atom stereocenters. The van der Waals surface area contributed by atoms with Crippen LogP contribution in [-0.2, 0) is 0 Å². The van der Waals surface area contributed by atoms with E-state index in [1.165, 1.54) is 6.07 Å². The lowest BCUT2D eigenvalue weighted by Gasteiger charge is -2.01. The Morgan fingerprint density at radius 2 is 2.20 bits per heavy atom. The van der Waals surface area contributed by atoms with Crippen molar-refractivity contribution in [3.05, 3.63) is 32.1 Å². The van der Waals surface area contributed by atoms with E-state index in [0.717, 1.165) is 0 Å². The largest absolute Gasteiger partial charge is 0.380 e. The molecule has 0 amide bonds. The zero-order chi connectivity index (χ0) is 11.0. The van der Waals surface area contributed by atoms with Gasteiger partial charge >= 0.3 is 0 Å². The minimum atomic E-state index is -0.349. The van der Waals surface area contributed by atoms with Gasteiger partial charge in [-0.3, -0.25) is 0 Å². The van der Waals surface area contributed by atoms with Crippen molar-refractivity contribution in [2.24, 2.45) is 0 Å². The summed E-state index contributed by atoms with van der Waals surface area (Å²) in [6.45, 7) is 0. The van der Waals surface area contributed by atoms with Gasteiger partial charge in [-0.25, -0.2) is 4.39 Å². The van der Waals surface area contributed by atoms with Gasteiger partial charge in [-0.15, -0.1) is 0 Å². The average Bonchev–Trinajstić information content (AvgIpc) is 2.53. The van der Waals surface area contributed by atoms with Crippen LogP contribution in [0.5, 0.6) is 0 Å². The number of nitrogen functional groups attached to an aromatic ring is 1. The van der Waals surface area contributed by atoms with Crippen molar-refractivity contribution in [1.29, 1.82) is 0 Å². The van der Waals surface area contributed by atoms with Crippen molar-refractivity contribution < 1.29 is 8.91 Å². The van der Waals surface area contributed by atoms with Crippen LogP contribution in [0.3, 0.4) is 0 Å². The first-order chi connectivity index (χ1) is 7.11. The molecule has 0 spiro atoms. The van der Waals surface area contributed by atoms with E-state index >= 15 is 0 Å². The second kappa shape index (κ2) is 4.09. The van der Waals surface area contributed by atoms with Gasteiger partial charge in [-0.1, -0.05) is 11.2 Å². The molecule has 0 radical (unpaired) electrons. The van der Waals surface area contributed by atoms with E-state index in [1.54, 1.807) is 12.1 Å². The van der Waals surface area contributed by atoms with Crippen molar-refractivity contribution in [1.82, 2.24) is 5.16 Å². The molecule has 2 N–H and O–H groups in total. The quantitative estimate of drug-likeness (QED) is 0.769. The Bertz CT molecular complexity index is 515. The summed E-state index contributed by atoms with van der Waals surface area (Å²) in [5.74, 6) is 0.430. The van der Waals surface area contributed by atoms with Crippen LogP contribution >= 0.6 is 38.5 Å². The standard InChI is InChI=1S/C9H5BrFIN2O/c10-6-4(2-1-3-5(6)11)8-7(12)9(13)14-15-8/h1-3H,(H2,13,14). The monoisotopic (exact) mass is 382 g/mol. The molecule has 1 aromatic carbocycles. The molecule has 0 bridgehead atoms. The number of nitrogens with zero attached hydrogens (tertiary/aromatic N) is 1. The highest BCUT2D eigenvalue weighted by Crippen LogP contribution is 2.35. The molecule has 78 valence electrons. The molecule has 0 aliphatic heterocycles. The maximum absolute atomic E-state index is 13.3. The molecular weight excluding hydrogens is 378 g/mol. The lowest BCUT2D eigenvalue weighted by molar-refractivity contribution is 0.435. The van der Waals surface area contributed by atoms with E-state index < -0.39 is 0 Å². The SMILES string of the molecule is Nc1noc(-c2cccc(F)c2Br)c1I. The molecule has 15 heavy (non-hydrogen) atoms. The van der Waals surface area contributed by atoms with E-state index in [9.17, 15) is 4.39 Å². The van der Waals surface area contributed by atoms with E-state index in [4.69, 9.17) is 10.3 Å². The van der Waals surface area contributed by atoms with Crippen LogP contribution in [0, 0.1) is 9.39 Å². The first kappa shape index (κ1) is 10.9. The van der Waals surface area contributed by atoms with Gasteiger partial charge in [0.15, 0.2) is 11.6 Å². The summed E-state index contributed by atoms with van der Waals surface area (Å²) in [5.41, 5.74) is 6.15. The van der Waals surface area contributed by atoms with Gasteiger partial charge in [0.2, 0.25) is 0 Å². The molecule has 1 aromatic heterocycles. The molecule has 2 rings (SSSR count). The van der Waals surface area contributed by atoms with Gasteiger partial charge in [0, 0.05) is 5.56 Å². The highest BCUT2D eigenvalue weighted by molar-refractivity contribution is 14.1. The van der Waals surface area contributed by atoms with Crippen molar-refractivity contribution in [2.45, 2.75) is 0 Å². The lowest BCUT2D eigenvalue weighted by Crippen LogP contribution is -1.87. The summed E-state index contributed by atoms with van der Waals surface area (Å²) in [4.78, 5) is 0. The molecule has 0 fully saturated rings. The second-order valence-corrected chi connectivity index (χ2v) is 4.68. The molecule has 0 aliphatic carbocycles. The highest BCUT2D eigenvalue weighted by Gasteiger charge is 2.17. The zero-order valence-electron chi connectivity index (χ0n) is 7.30. The number of benzene rings is 1. The molecule has 3 nitrogen and oxygen atoms in total. The van der Waals surface area contributed by atoms with Crippen LogP contribution in [0.15, 0.2) is 27.2 Å². The molecule has 6 heteroatoms. The van der Waals surface area contributed by atoms with E-state index in [2.05, 4.69) is 21.1 Å². The predicted octanol–water partition coefficient (Wildman–Crippen LogP) is 3.43. The summed E-state index contributed by atoms with van der Waals surface area (Å²) in [5, 5.41) is 3.62. The third kappa shape index (κ3) is 1.87. The van der Waals surface area contributed by atoms with Crippen molar-refractivity contribution in [2.75, 3.05) is 5.73 Å². The number of anilines is 1. The van der Waals surface area contributed by atoms with Crippen molar-refractivity contribution in [3.8, 4) is 11.3 Å². The van der Waals surface area contributed by atoms with Gasteiger partial charge in [0.25, 0.3) is 0 Å². The van der Waals surface area contributed by atoms with Crippen LogP contribution in [0.4, 0.5) is 10.2 Å². The maximum Gasteiger partial charge on any atom is 0.183 e. The average molecular weight is 383 g/mol. The van der Waals surface area contributed by atoms with Crippen LogP contribution in [-0.4, -0.2) is 5.16 Å². The Hall–Kier alpha value is -0.630. The molecule has 1 heterocycles. The molecule has 2 aromatic rings. The number of hydrogen-bond acceptors (Lipinski definition) is 3.